The van der Waals surface area contributed by atoms with Crippen molar-refractivity contribution in [2.24, 2.45) is 5.92 Å². The molecule has 1 aromatic carbocycles. The molecule has 1 aliphatic rings. The van der Waals surface area contributed by atoms with E-state index in [-0.39, 0.29) is 6.54 Å². The van der Waals surface area contributed by atoms with Crippen LogP contribution in [0, 0.1) is 11.7 Å². The second kappa shape index (κ2) is 9.40. The van der Waals surface area contributed by atoms with E-state index in [9.17, 15) is 27.5 Å². The first-order chi connectivity index (χ1) is 15.0. The number of benzene rings is 1. The number of hydrogen-bond donors (Lipinski definition) is 2. The Hall–Kier alpha value is -2.75. The summed E-state index contributed by atoms with van der Waals surface area (Å²) in [6, 6.07) is 0.817. The van der Waals surface area contributed by atoms with Crippen molar-refractivity contribution in [2.75, 3.05) is 6.54 Å². The number of halogens is 4. The Morgan fingerprint density at radius 1 is 1.28 bits per heavy atom. The largest absolute Gasteiger partial charge is 0.419 e. The number of urea groups is 1. The van der Waals surface area contributed by atoms with E-state index >= 15 is 0 Å². The highest BCUT2D eigenvalue weighted by Crippen LogP contribution is 2.34. The van der Waals surface area contributed by atoms with E-state index in [1.807, 2.05) is 13.8 Å². The molecule has 2 heterocycles. The van der Waals surface area contributed by atoms with Crippen LogP contribution in [-0.2, 0) is 25.6 Å². The lowest BCUT2D eigenvalue weighted by Crippen LogP contribution is -2.46. The molecular weight excluding hydrogens is 428 g/mol. The summed E-state index contributed by atoms with van der Waals surface area (Å²) in [7, 11) is 0. The highest BCUT2D eigenvalue weighted by atomic mass is 19.4. The van der Waals surface area contributed by atoms with Crippen LogP contribution in [0.5, 0.6) is 0 Å². The molecule has 0 aliphatic carbocycles. The van der Waals surface area contributed by atoms with Crippen molar-refractivity contribution in [3.05, 3.63) is 58.4 Å². The van der Waals surface area contributed by atoms with Crippen molar-refractivity contribution < 1.29 is 27.5 Å². The van der Waals surface area contributed by atoms with Gasteiger partial charge >= 0.3 is 12.2 Å². The van der Waals surface area contributed by atoms with Gasteiger partial charge in [-0.1, -0.05) is 26.0 Å². The molecule has 0 bridgehead atoms. The van der Waals surface area contributed by atoms with Gasteiger partial charge in [0, 0.05) is 24.7 Å². The molecular formula is C22H26F4N4O2. The normalized spacial score (nSPS) is 16.0. The maximum Gasteiger partial charge on any atom is 0.419 e. The zero-order valence-electron chi connectivity index (χ0n) is 18.1. The number of nitrogens with zero attached hydrogens (tertiary/aromatic N) is 3. The molecule has 0 fully saturated rings. The molecule has 2 N–H and O–H groups in total. The van der Waals surface area contributed by atoms with Crippen LogP contribution in [0.1, 0.15) is 55.0 Å². The van der Waals surface area contributed by atoms with Crippen LogP contribution in [0.25, 0.3) is 0 Å². The first-order valence-corrected chi connectivity index (χ1v) is 10.4. The van der Waals surface area contributed by atoms with Crippen LogP contribution >= 0.6 is 0 Å². The summed E-state index contributed by atoms with van der Waals surface area (Å²) in [6.07, 6.45) is -3.25. The van der Waals surface area contributed by atoms with Crippen molar-refractivity contribution >= 4 is 6.03 Å². The quantitative estimate of drug-likeness (QED) is 0.669. The fourth-order valence-corrected chi connectivity index (χ4v) is 3.67. The number of aliphatic hydroxyl groups excluding tert-OH is 1. The first kappa shape index (κ1) is 23.9. The van der Waals surface area contributed by atoms with Crippen LogP contribution in [0.3, 0.4) is 0 Å². The second-order valence-corrected chi connectivity index (χ2v) is 8.40. The third-order valence-electron chi connectivity index (χ3n) is 5.30. The smallest absolute Gasteiger partial charge is 0.391 e. The van der Waals surface area contributed by atoms with Gasteiger partial charge in [-0.25, -0.2) is 19.2 Å². The van der Waals surface area contributed by atoms with Crippen molar-refractivity contribution in [2.45, 2.75) is 58.5 Å². The Labute approximate surface area is 183 Å². The summed E-state index contributed by atoms with van der Waals surface area (Å²) >= 11 is 0. The molecule has 174 valence electrons. The third-order valence-corrected chi connectivity index (χ3v) is 5.30. The van der Waals surface area contributed by atoms with E-state index in [2.05, 4.69) is 15.3 Å². The van der Waals surface area contributed by atoms with Crippen molar-refractivity contribution in [1.29, 1.82) is 0 Å². The lowest BCUT2D eigenvalue weighted by molar-refractivity contribution is -0.140. The van der Waals surface area contributed by atoms with Gasteiger partial charge in [0.15, 0.2) is 0 Å². The highest BCUT2D eigenvalue weighted by molar-refractivity contribution is 5.75. The van der Waals surface area contributed by atoms with Crippen LogP contribution in [0.4, 0.5) is 22.4 Å². The molecule has 0 saturated heterocycles. The molecule has 3 rings (SSSR count). The number of fused-ring (bicyclic) bond motifs is 1. The van der Waals surface area contributed by atoms with Gasteiger partial charge in [0.1, 0.15) is 11.6 Å². The molecule has 0 unspecified atom stereocenters. The monoisotopic (exact) mass is 454 g/mol. The number of carbonyl (C=O) groups excluding carboxylic acids is 1. The van der Waals surface area contributed by atoms with Crippen LogP contribution in [-0.4, -0.2) is 38.7 Å². The Balaban J connectivity index is 1.80. The highest BCUT2D eigenvalue weighted by Gasteiger charge is 2.37. The molecule has 32 heavy (non-hydrogen) atoms. The minimum absolute atomic E-state index is 0.187. The second-order valence-electron chi connectivity index (χ2n) is 8.40. The molecule has 1 aliphatic heterocycles. The van der Waals surface area contributed by atoms with Gasteiger partial charge in [0.2, 0.25) is 0 Å². The number of amides is 2. The number of alkyl halides is 3. The molecule has 10 heteroatoms. The van der Waals surface area contributed by atoms with Gasteiger partial charge in [0.25, 0.3) is 0 Å². The number of nitrogens with one attached hydrogen (secondary N) is 1. The van der Waals surface area contributed by atoms with Crippen LogP contribution in [0.2, 0.25) is 0 Å². The minimum atomic E-state index is -4.89. The average molecular weight is 454 g/mol. The van der Waals surface area contributed by atoms with Crippen molar-refractivity contribution in [1.82, 2.24) is 20.2 Å². The summed E-state index contributed by atoms with van der Waals surface area (Å²) < 4.78 is 53.9. The summed E-state index contributed by atoms with van der Waals surface area (Å²) in [4.78, 5) is 23.2. The molecule has 0 spiro atoms. The third kappa shape index (κ3) is 5.35. The molecule has 1 aromatic heterocycles. The number of carbonyl (C=O) groups is 1. The molecule has 0 radical (unpaired) electrons. The molecule has 2 amide bonds. The Kier molecular flexibility index (Phi) is 7.02. The number of hydrogen-bond acceptors (Lipinski definition) is 4. The average Bonchev–Trinajstić information content (AvgIpc) is 2.70. The van der Waals surface area contributed by atoms with E-state index in [1.165, 1.54) is 11.8 Å². The van der Waals surface area contributed by atoms with Gasteiger partial charge in [0.05, 0.1) is 29.9 Å². The fraction of sp³-hybridized carbons (Fsp3) is 0.500. The van der Waals surface area contributed by atoms with Crippen LogP contribution in [0.15, 0.2) is 24.4 Å². The Morgan fingerprint density at radius 2 is 2.00 bits per heavy atom. The van der Waals surface area contributed by atoms with Crippen molar-refractivity contribution in [3.63, 3.8) is 0 Å². The fourth-order valence-electron chi connectivity index (χ4n) is 3.67. The predicted molar refractivity (Wildman–Crippen MR) is 109 cm³/mol. The van der Waals surface area contributed by atoms with E-state index < -0.39 is 41.3 Å². The molecule has 0 saturated carbocycles. The van der Waals surface area contributed by atoms with Gasteiger partial charge in [-0.05, 0) is 30.9 Å². The molecule has 2 atom stereocenters. The maximum absolute atomic E-state index is 14.6. The lowest BCUT2D eigenvalue weighted by atomic mass is 9.98. The summed E-state index contributed by atoms with van der Waals surface area (Å²) in [5.41, 5.74) is -0.244. The van der Waals surface area contributed by atoms with Gasteiger partial charge in [-0.3, -0.25) is 0 Å². The lowest BCUT2D eigenvalue weighted by Gasteiger charge is -2.31. The Bertz CT molecular complexity index is 979. The standard InChI is InChI=1S/C22H26F4N4O2/c1-12(2)9-18-27-10-14-7-8-30(11-17(14)28-18)21(32)29-20(13(3)31)15-5-4-6-16(19(15)23)22(24,25)26/h4-6,10,12-13,20,31H,7-9,11H2,1-3H3,(H,29,32)/t13-,20+/m0/s1. The number of rotatable bonds is 5. The summed E-state index contributed by atoms with van der Waals surface area (Å²) in [6.45, 7) is 5.90. The van der Waals surface area contributed by atoms with E-state index in [0.29, 0.717) is 42.9 Å². The SMILES string of the molecule is CC(C)Cc1ncc2c(n1)CN(C(=O)N[C@@H](c1cccc(C(F)(F)F)c1F)[C@H](C)O)CC2. The molecule has 6 nitrogen and oxygen atoms in total. The number of aliphatic hydroxyl groups is 1. The van der Waals surface area contributed by atoms with Crippen molar-refractivity contribution in [3.8, 4) is 0 Å². The minimum Gasteiger partial charge on any atom is -0.391 e. The summed E-state index contributed by atoms with van der Waals surface area (Å²) in [5.74, 6) is -0.472. The topological polar surface area (TPSA) is 78.4 Å². The predicted octanol–water partition coefficient (Wildman–Crippen LogP) is 4.02. The molecule has 2 aromatic rings. The van der Waals surface area contributed by atoms with Gasteiger partial charge < -0.3 is 15.3 Å². The zero-order chi connectivity index (χ0) is 23.6. The van der Waals surface area contributed by atoms with E-state index in [4.69, 9.17) is 0 Å². The Morgan fingerprint density at radius 3 is 2.62 bits per heavy atom. The van der Waals surface area contributed by atoms with Gasteiger partial charge in [-0.2, -0.15) is 13.2 Å². The number of aromatic nitrogens is 2. The first-order valence-electron chi connectivity index (χ1n) is 10.4. The van der Waals surface area contributed by atoms with E-state index in [0.717, 1.165) is 17.7 Å². The van der Waals surface area contributed by atoms with Gasteiger partial charge in [-0.15, -0.1) is 0 Å². The van der Waals surface area contributed by atoms with Crippen LogP contribution < -0.4 is 5.32 Å². The van der Waals surface area contributed by atoms with E-state index in [1.54, 1.807) is 6.20 Å². The summed E-state index contributed by atoms with van der Waals surface area (Å²) in [5, 5.41) is 12.6. The maximum atomic E-state index is 14.6. The zero-order valence-corrected chi connectivity index (χ0v) is 18.1.